The summed E-state index contributed by atoms with van der Waals surface area (Å²) in [5, 5.41) is 1.79. The predicted molar refractivity (Wildman–Crippen MR) is 75.7 cm³/mol. The summed E-state index contributed by atoms with van der Waals surface area (Å²) in [6.07, 6.45) is 0. The van der Waals surface area contributed by atoms with Gasteiger partial charge >= 0.3 is 5.69 Å². The molecule has 21 heavy (non-hydrogen) atoms. The Bertz CT molecular complexity index is 849. The molecule has 8 heteroatoms. The molecule has 2 N–H and O–H groups in total. The van der Waals surface area contributed by atoms with Gasteiger partial charge in [-0.15, -0.1) is 0 Å². The van der Waals surface area contributed by atoms with Gasteiger partial charge in [0.2, 0.25) is 0 Å². The Balaban J connectivity index is 2.44. The summed E-state index contributed by atoms with van der Waals surface area (Å²) in [5.74, 6) is 0. The van der Waals surface area contributed by atoms with Crippen LogP contribution in [0.15, 0.2) is 9.59 Å². The largest absolute Gasteiger partial charge is 0.327 e. The molecule has 0 fully saturated rings. The summed E-state index contributed by atoms with van der Waals surface area (Å²) in [6, 6.07) is 0. The molecule has 2 aromatic heterocycles. The third kappa shape index (κ3) is 1.69. The van der Waals surface area contributed by atoms with Gasteiger partial charge in [-0.05, 0) is 27.7 Å². The Hall–Kier alpha value is -2.06. The van der Waals surface area contributed by atoms with E-state index < -0.39 is 22.3 Å². The molecule has 112 valence electrons. The molecule has 0 radical (unpaired) electrons. The number of fused-ring (bicyclic) bond motifs is 2. The predicted octanol–water partition coefficient (Wildman–Crippen LogP) is 0.354. The van der Waals surface area contributed by atoms with E-state index in [1.807, 2.05) is 27.7 Å². The molecule has 0 aliphatic carbocycles. The van der Waals surface area contributed by atoms with Crippen LogP contribution in [0, 0.1) is 0 Å². The van der Waals surface area contributed by atoms with E-state index in [1.54, 1.807) is 12.2 Å². The van der Waals surface area contributed by atoms with Gasteiger partial charge in [-0.3, -0.25) is 14.8 Å². The second kappa shape index (κ2) is 3.99. The van der Waals surface area contributed by atoms with E-state index in [2.05, 4.69) is 19.9 Å². The monoisotopic (exact) mass is 291 g/mol. The summed E-state index contributed by atoms with van der Waals surface area (Å²) >= 11 is 0. The zero-order chi connectivity index (χ0) is 15.6. The molecule has 1 aliphatic rings. The number of nitrogens with one attached hydrogen (secondary N) is 2. The number of H-pyrrole nitrogens is 2. The van der Waals surface area contributed by atoms with E-state index in [4.69, 9.17) is 4.84 Å². The van der Waals surface area contributed by atoms with Gasteiger partial charge in [0, 0.05) is 0 Å². The quantitative estimate of drug-likeness (QED) is 0.786. The fraction of sp³-hybridized carbons (Fsp3) is 0.538. The van der Waals surface area contributed by atoms with Gasteiger partial charge in [-0.25, -0.2) is 14.8 Å². The normalized spacial score (nSPS) is 19.9. The summed E-state index contributed by atoms with van der Waals surface area (Å²) in [6.45, 7) is 7.81. The van der Waals surface area contributed by atoms with E-state index in [0.717, 1.165) is 0 Å². The minimum Gasteiger partial charge on any atom is -0.300 e. The maximum Gasteiger partial charge on any atom is 0.327 e. The molecule has 0 atom stereocenters. The molecule has 0 saturated heterocycles. The van der Waals surface area contributed by atoms with Crippen molar-refractivity contribution in [3.05, 3.63) is 32.2 Å². The molecular weight excluding hydrogens is 274 g/mol. The van der Waals surface area contributed by atoms with Crippen molar-refractivity contribution in [3.8, 4) is 0 Å². The SMILES string of the molecule is CON1C(C)(C)c2nc3[nH]c(=O)[nH]c(=O)c3nc2C1(C)C. The van der Waals surface area contributed by atoms with Crippen LogP contribution in [-0.4, -0.2) is 32.1 Å². The van der Waals surface area contributed by atoms with Crippen LogP contribution in [0.2, 0.25) is 0 Å². The van der Waals surface area contributed by atoms with Crippen LogP contribution < -0.4 is 11.2 Å². The van der Waals surface area contributed by atoms with E-state index in [-0.39, 0.29) is 11.2 Å². The molecule has 8 nitrogen and oxygen atoms in total. The molecule has 0 amide bonds. The standard InChI is InChI=1S/C13H17N5O3/c1-12(2)7-8(13(3,4)18(12)21-5)15-9-6(14-7)10(19)17-11(20)16-9/h1-5H3,(H2,15,16,17,19,20). The average molecular weight is 291 g/mol. The van der Waals surface area contributed by atoms with Gasteiger partial charge in [0.05, 0.1) is 29.6 Å². The van der Waals surface area contributed by atoms with Crippen LogP contribution >= 0.6 is 0 Å². The lowest BCUT2D eigenvalue weighted by Gasteiger charge is -2.37. The van der Waals surface area contributed by atoms with Crippen molar-refractivity contribution in [3.63, 3.8) is 0 Å². The Kier molecular flexibility index (Phi) is 2.64. The highest BCUT2D eigenvalue weighted by Gasteiger charge is 2.52. The number of nitrogens with zero attached hydrogens (tertiary/aromatic N) is 3. The first-order valence-electron chi connectivity index (χ1n) is 6.59. The first-order valence-corrected chi connectivity index (χ1v) is 6.59. The highest BCUT2D eigenvalue weighted by atomic mass is 16.7. The summed E-state index contributed by atoms with van der Waals surface area (Å²) in [5.41, 5.74) is -0.568. The third-order valence-electron chi connectivity index (χ3n) is 3.93. The molecule has 3 rings (SSSR count). The minimum absolute atomic E-state index is 0.121. The molecule has 0 spiro atoms. The number of aromatic amines is 2. The lowest BCUT2D eigenvalue weighted by molar-refractivity contribution is -0.242. The van der Waals surface area contributed by atoms with Crippen LogP contribution in [0.1, 0.15) is 39.1 Å². The number of hydrogen-bond donors (Lipinski definition) is 2. The van der Waals surface area contributed by atoms with E-state index in [1.165, 1.54) is 0 Å². The first kappa shape index (κ1) is 13.9. The lowest BCUT2D eigenvalue weighted by Crippen LogP contribution is -2.44. The van der Waals surface area contributed by atoms with Crippen LogP contribution in [0.4, 0.5) is 0 Å². The van der Waals surface area contributed by atoms with Crippen molar-refractivity contribution < 1.29 is 4.84 Å². The number of hydroxylamine groups is 2. The Morgan fingerprint density at radius 3 is 2.14 bits per heavy atom. The first-order chi connectivity index (χ1) is 9.69. The molecular formula is C13H17N5O3. The molecule has 0 unspecified atom stereocenters. The Morgan fingerprint density at radius 2 is 1.57 bits per heavy atom. The van der Waals surface area contributed by atoms with Gasteiger partial charge < -0.3 is 4.84 Å². The topological polar surface area (TPSA) is 104 Å². The second-order valence-corrected chi connectivity index (χ2v) is 6.12. The third-order valence-corrected chi connectivity index (χ3v) is 3.93. The van der Waals surface area contributed by atoms with E-state index in [9.17, 15) is 9.59 Å². The van der Waals surface area contributed by atoms with Gasteiger partial charge in [0.1, 0.15) is 0 Å². The van der Waals surface area contributed by atoms with Crippen LogP contribution in [0.3, 0.4) is 0 Å². The average Bonchev–Trinajstić information content (AvgIpc) is 2.51. The van der Waals surface area contributed by atoms with Crippen molar-refractivity contribution in [2.75, 3.05) is 7.11 Å². The maximum atomic E-state index is 11.9. The van der Waals surface area contributed by atoms with Gasteiger partial charge in [-0.2, -0.15) is 5.06 Å². The highest BCUT2D eigenvalue weighted by molar-refractivity contribution is 5.69. The minimum atomic E-state index is -0.597. The van der Waals surface area contributed by atoms with Gasteiger partial charge in [0.15, 0.2) is 11.2 Å². The summed E-state index contributed by atoms with van der Waals surface area (Å²) in [7, 11) is 1.59. The maximum absolute atomic E-state index is 11.9. The second-order valence-electron chi connectivity index (χ2n) is 6.12. The molecule has 3 heterocycles. The Labute approximate surface area is 120 Å². The molecule has 2 aromatic rings. The van der Waals surface area contributed by atoms with Crippen molar-refractivity contribution in [2.24, 2.45) is 0 Å². The zero-order valence-electron chi connectivity index (χ0n) is 12.6. The van der Waals surface area contributed by atoms with Crippen molar-refractivity contribution in [2.45, 2.75) is 38.8 Å². The van der Waals surface area contributed by atoms with Crippen molar-refractivity contribution >= 4 is 11.2 Å². The van der Waals surface area contributed by atoms with Crippen molar-refractivity contribution in [1.29, 1.82) is 0 Å². The molecule has 1 aliphatic heterocycles. The van der Waals surface area contributed by atoms with E-state index in [0.29, 0.717) is 11.4 Å². The van der Waals surface area contributed by atoms with Gasteiger partial charge in [-0.1, -0.05) is 0 Å². The fourth-order valence-electron chi connectivity index (χ4n) is 3.18. The van der Waals surface area contributed by atoms with Crippen molar-refractivity contribution in [1.82, 2.24) is 25.0 Å². The molecule has 0 bridgehead atoms. The molecule has 0 aromatic carbocycles. The number of rotatable bonds is 1. The van der Waals surface area contributed by atoms with Crippen LogP contribution in [-0.2, 0) is 15.9 Å². The smallest absolute Gasteiger partial charge is 0.300 e. The lowest BCUT2D eigenvalue weighted by atomic mass is 10.0. The van der Waals surface area contributed by atoms with E-state index >= 15 is 0 Å². The summed E-state index contributed by atoms with van der Waals surface area (Å²) in [4.78, 5) is 42.4. The number of aromatic nitrogens is 4. The fourth-order valence-corrected chi connectivity index (χ4v) is 3.18. The molecule has 0 saturated carbocycles. The Morgan fingerprint density at radius 1 is 1.00 bits per heavy atom. The highest BCUT2D eigenvalue weighted by Crippen LogP contribution is 2.47. The zero-order valence-corrected chi connectivity index (χ0v) is 12.6. The summed E-state index contributed by atoms with van der Waals surface area (Å²) < 4.78 is 0. The van der Waals surface area contributed by atoms with Crippen LogP contribution in [0.25, 0.3) is 11.2 Å². The van der Waals surface area contributed by atoms with Crippen LogP contribution in [0.5, 0.6) is 0 Å². The van der Waals surface area contributed by atoms with Gasteiger partial charge in [0.25, 0.3) is 5.56 Å². The number of hydrogen-bond acceptors (Lipinski definition) is 6.